The van der Waals surface area contributed by atoms with Crippen LogP contribution in [-0.4, -0.2) is 26.1 Å². The van der Waals surface area contributed by atoms with Gasteiger partial charge in [0, 0.05) is 11.4 Å². The summed E-state index contributed by atoms with van der Waals surface area (Å²) < 4.78 is 0. The van der Waals surface area contributed by atoms with E-state index in [9.17, 15) is 4.79 Å². The predicted molar refractivity (Wildman–Crippen MR) is 66.0 cm³/mol. The molecule has 0 radical (unpaired) electrons. The highest BCUT2D eigenvalue weighted by atomic mass is 16.1. The zero-order valence-electron chi connectivity index (χ0n) is 10.6. The van der Waals surface area contributed by atoms with Crippen LogP contribution in [0.1, 0.15) is 33.1 Å². The molecule has 2 heterocycles. The second-order valence-corrected chi connectivity index (χ2v) is 4.14. The minimum absolute atomic E-state index is 0.144. The Balaban J connectivity index is 2.05. The Morgan fingerprint density at radius 1 is 1.33 bits per heavy atom. The van der Waals surface area contributed by atoms with Crippen LogP contribution < -0.4 is 5.32 Å². The summed E-state index contributed by atoms with van der Waals surface area (Å²) in [6.07, 6.45) is 1.49. The molecule has 6 heteroatoms. The third kappa shape index (κ3) is 2.53. The van der Waals surface area contributed by atoms with Crippen LogP contribution in [0.5, 0.6) is 0 Å². The number of hydrogen-bond acceptors (Lipinski definition) is 4. The molecular weight excluding hydrogens is 230 g/mol. The molecule has 94 valence electrons. The van der Waals surface area contributed by atoms with Gasteiger partial charge in [-0.05, 0) is 26.8 Å². The Hall–Kier alpha value is -2.24. The Morgan fingerprint density at radius 2 is 2.11 bits per heavy atom. The van der Waals surface area contributed by atoms with Crippen molar-refractivity contribution in [2.24, 2.45) is 0 Å². The van der Waals surface area contributed by atoms with Crippen LogP contribution in [0.2, 0.25) is 0 Å². The molecule has 6 nitrogen and oxygen atoms in total. The number of aromatic nitrogens is 4. The lowest BCUT2D eigenvalue weighted by molar-refractivity contribution is 0.0949. The van der Waals surface area contributed by atoms with E-state index in [0.29, 0.717) is 17.8 Å². The number of aryl methyl sites for hydroxylation is 3. The van der Waals surface area contributed by atoms with Crippen LogP contribution in [0.4, 0.5) is 0 Å². The molecule has 0 saturated heterocycles. The van der Waals surface area contributed by atoms with Crippen LogP contribution in [0.3, 0.4) is 0 Å². The molecule has 0 aromatic carbocycles. The molecule has 0 aliphatic rings. The number of carbonyl (C=O) groups excluding carboxylic acids is 1. The van der Waals surface area contributed by atoms with Crippen LogP contribution in [0.25, 0.3) is 0 Å². The van der Waals surface area contributed by atoms with E-state index in [1.165, 1.54) is 6.33 Å². The predicted octanol–water partition coefficient (Wildman–Crippen LogP) is 1.05. The van der Waals surface area contributed by atoms with Crippen molar-refractivity contribution in [3.8, 4) is 0 Å². The van der Waals surface area contributed by atoms with E-state index in [1.807, 2.05) is 19.9 Å². The quantitative estimate of drug-likeness (QED) is 0.846. The van der Waals surface area contributed by atoms with Gasteiger partial charge in [-0.25, -0.2) is 9.97 Å². The van der Waals surface area contributed by atoms with Crippen molar-refractivity contribution in [1.82, 2.24) is 25.5 Å². The molecule has 2 aromatic rings. The Bertz CT molecular complexity index is 556. The molecule has 1 amide bonds. The van der Waals surface area contributed by atoms with Crippen LogP contribution in [0.15, 0.2) is 12.4 Å². The number of carbonyl (C=O) groups is 1. The molecule has 2 N–H and O–H groups in total. The van der Waals surface area contributed by atoms with Crippen LogP contribution in [0, 0.1) is 20.8 Å². The molecule has 0 fully saturated rings. The first-order valence-corrected chi connectivity index (χ1v) is 5.65. The summed E-state index contributed by atoms with van der Waals surface area (Å²) >= 11 is 0. The van der Waals surface area contributed by atoms with Gasteiger partial charge in [-0.3, -0.25) is 9.89 Å². The normalized spacial score (nSPS) is 10.4. The Morgan fingerprint density at radius 3 is 2.72 bits per heavy atom. The highest BCUT2D eigenvalue weighted by Crippen LogP contribution is 2.09. The van der Waals surface area contributed by atoms with E-state index >= 15 is 0 Å². The fourth-order valence-electron chi connectivity index (χ4n) is 1.75. The maximum absolute atomic E-state index is 12.0. The maximum atomic E-state index is 12.0. The number of rotatable bonds is 3. The first-order chi connectivity index (χ1) is 8.58. The lowest BCUT2D eigenvalue weighted by Gasteiger charge is -2.05. The van der Waals surface area contributed by atoms with Crippen molar-refractivity contribution in [3.05, 3.63) is 40.7 Å². The lowest BCUT2D eigenvalue weighted by Crippen LogP contribution is -2.24. The van der Waals surface area contributed by atoms with Gasteiger partial charge >= 0.3 is 0 Å². The third-order valence-electron chi connectivity index (χ3n) is 2.65. The summed E-state index contributed by atoms with van der Waals surface area (Å²) in [6.45, 7) is 5.89. The number of nitrogens with one attached hydrogen (secondary N) is 2. The first-order valence-electron chi connectivity index (χ1n) is 5.65. The average Bonchev–Trinajstić information content (AvgIpc) is 2.66. The average molecular weight is 245 g/mol. The topological polar surface area (TPSA) is 83.6 Å². The number of nitrogens with zero attached hydrogens (tertiary/aromatic N) is 3. The molecule has 0 atom stereocenters. The maximum Gasteiger partial charge on any atom is 0.255 e. The van der Waals surface area contributed by atoms with Crippen molar-refractivity contribution in [2.75, 3.05) is 0 Å². The highest BCUT2D eigenvalue weighted by molar-refractivity contribution is 5.96. The summed E-state index contributed by atoms with van der Waals surface area (Å²) in [5.41, 5.74) is 3.73. The van der Waals surface area contributed by atoms with Gasteiger partial charge in [0.2, 0.25) is 0 Å². The van der Waals surface area contributed by atoms with E-state index in [1.54, 1.807) is 6.92 Å². The Labute approximate surface area is 105 Å². The second-order valence-electron chi connectivity index (χ2n) is 4.14. The van der Waals surface area contributed by atoms with Crippen molar-refractivity contribution >= 4 is 5.91 Å². The lowest BCUT2D eigenvalue weighted by atomic mass is 10.2. The van der Waals surface area contributed by atoms with E-state index in [0.717, 1.165) is 17.1 Å². The molecular formula is C12H15N5O. The third-order valence-corrected chi connectivity index (χ3v) is 2.65. The summed E-state index contributed by atoms with van der Waals surface area (Å²) in [7, 11) is 0. The Kier molecular flexibility index (Phi) is 3.36. The van der Waals surface area contributed by atoms with Gasteiger partial charge in [0.15, 0.2) is 0 Å². The van der Waals surface area contributed by atoms with Crippen molar-refractivity contribution < 1.29 is 4.79 Å². The zero-order valence-corrected chi connectivity index (χ0v) is 10.6. The van der Waals surface area contributed by atoms with E-state index < -0.39 is 0 Å². The van der Waals surface area contributed by atoms with Gasteiger partial charge in [0.1, 0.15) is 6.33 Å². The number of H-pyrrole nitrogens is 1. The fraction of sp³-hybridized carbons (Fsp3) is 0.333. The summed E-state index contributed by atoms with van der Waals surface area (Å²) in [5.74, 6) is -0.144. The standard InChI is InChI=1S/C12H15N5O/c1-7-4-10(15-6-14-7)5-13-12(18)11-8(2)16-17-9(11)3/h4,6H,5H2,1-3H3,(H,13,18)(H,16,17). The van der Waals surface area contributed by atoms with Gasteiger partial charge in [-0.1, -0.05) is 0 Å². The monoisotopic (exact) mass is 245 g/mol. The van der Waals surface area contributed by atoms with Crippen LogP contribution >= 0.6 is 0 Å². The largest absolute Gasteiger partial charge is 0.346 e. The molecule has 2 rings (SSSR count). The first kappa shape index (κ1) is 12.2. The van der Waals surface area contributed by atoms with Gasteiger partial charge in [-0.2, -0.15) is 5.10 Å². The number of aromatic amines is 1. The van der Waals surface area contributed by atoms with E-state index in [4.69, 9.17) is 0 Å². The molecule has 0 spiro atoms. The van der Waals surface area contributed by atoms with Gasteiger partial charge in [-0.15, -0.1) is 0 Å². The molecule has 0 unspecified atom stereocenters. The number of hydrogen-bond donors (Lipinski definition) is 2. The minimum Gasteiger partial charge on any atom is -0.346 e. The molecule has 2 aromatic heterocycles. The molecule has 0 aliphatic carbocycles. The van der Waals surface area contributed by atoms with Crippen molar-refractivity contribution in [3.63, 3.8) is 0 Å². The van der Waals surface area contributed by atoms with Crippen LogP contribution in [-0.2, 0) is 6.54 Å². The van der Waals surface area contributed by atoms with Crippen molar-refractivity contribution in [1.29, 1.82) is 0 Å². The fourth-order valence-corrected chi connectivity index (χ4v) is 1.75. The summed E-state index contributed by atoms with van der Waals surface area (Å²) in [4.78, 5) is 20.1. The number of amides is 1. The van der Waals surface area contributed by atoms with E-state index in [2.05, 4.69) is 25.5 Å². The molecule has 0 saturated carbocycles. The van der Waals surface area contributed by atoms with Gasteiger partial charge in [0.05, 0.1) is 23.5 Å². The molecule has 18 heavy (non-hydrogen) atoms. The van der Waals surface area contributed by atoms with Gasteiger partial charge in [0.25, 0.3) is 5.91 Å². The second kappa shape index (κ2) is 4.95. The van der Waals surface area contributed by atoms with Crippen molar-refractivity contribution in [2.45, 2.75) is 27.3 Å². The van der Waals surface area contributed by atoms with E-state index in [-0.39, 0.29) is 5.91 Å². The SMILES string of the molecule is Cc1cc(CNC(=O)c2c(C)n[nH]c2C)ncn1. The van der Waals surface area contributed by atoms with Gasteiger partial charge < -0.3 is 5.32 Å². The molecule has 0 bridgehead atoms. The minimum atomic E-state index is -0.144. The molecule has 0 aliphatic heterocycles. The smallest absolute Gasteiger partial charge is 0.255 e. The summed E-state index contributed by atoms with van der Waals surface area (Å²) in [6, 6.07) is 1.84. The zero-order chi connectivity index (χ0) is 13.1. The summed E-state index contributed by atoms with van der Waals surface area (Å²) in [5, 5.41) is 9.60. The highest BCUT2D eigenvalue weighted by Gasteiger charge is 2.14.